The highest BCUT2D eigenvalue weighted by Crippen LogP contribution is 2.52. The Kier molecular flexibility index (Phi) is 9.44. The molecule has 9 nitrogen and oxygen atoms in total. The minimum Gasteiger partial charge on any atom is -0.496 e. The number of pyridine rings is 1. The first-order valence-electron chi connectivity index (χ1n) is 18.2. The molecular weight excluding hydrogens is 633 g/mol. The molecular formula is C42H60N8O. The molecule has 0 N–H and O–H groups in total. The first-order chi connectivity index (χ1) is 23.4. The van der Waals surface area contributed by atoms with Crippen LogP contribution < -0.4 is 9.64 Å². The highest BCUT2D eigenvalue weighted by Gasteiger charge is 2.50. The van der Waals surface area contributed by atoms with E-state index in [1.165, 1.54) is 0 Å². The van der Waals surface area contributed by atoms with Crippen LogP contribution in [0.5, 0.6) is 5.75 Å². The Morgan fingerprint density at radius 3 is 1.63 bits per heavy atom. The Bertz CT molecular complexity index is 1860. The lowest BCUT2D eigenvalue weighted by Crippen LogP contribution is -2.46. The van der Waals surface area contributed by atoms with Crippen molar-refractivity contribution in [3.8, 4) is 5.75 Å². The van der Waals surface area contributed by atoms with Crippen molar-refractivity contribution in [2.75, 3.05) is 26.1 Å². The van der Waals surface area contributed by atoms with Gasteiger partial charge in [0.25, 0.3) is 0 Å². The first kappa shape index (κ1) is 38.2. The molecule has 0 aliphatic carbocycles. The van der Waals surface area contributed by atoms with Crippen LogP contribution in [-0.2, 0) is 37.9 Å². The molecule has 0 radical (unpaired) electrons. The Hall–Kier alpha value is -4.01. The summed E-state index contributed by atoms with van der Waals surface area (Å²) in [4.78, 5) is 36.5. The van der Waals surface area contributed by atoms with Crippen LogP contribution in [0.1, 0.15) is 142 Å². The first-order valence-corrected chi connectivity index (χ1v) is 18.2. The molecule has 9 heteroatoms. The van der Waals surface area contributed by atoms with Gasteiger partial charge in [-0.25, -0.2) is 19.9 Å². The average molecular weight is 693 g/mol. The van der Waals surface area contributed by atoms with Crippen molar-refractivity contribution in [1.82, 2.24) is 34.9 Å². The second-order valence-corrected chi connectivity index (χ2v) is 18.4. The van der Waals surface area contributed by atoms with Crippen LogP contribution in [0, 0.1) is 0 Å². The molecule has 0 fully saturated rings. The summed E-state index contributed by atoms with van der Waals surface area (Å²) < 4.78 is 6.12. The van der Waals surface area contributed by atoms with Crippen molar-refractivity contribution in [1.29, 1.82) is 0 Å². The van der Waals surface area contributed by atoms with Gasteiger partial charge >= 0.3 is 0 Å². The van der Waals surface area contributed by atoms with Gasteiger partial charge in [-0.2, -0.15) is 0 Å². The van der Waals surface area contributed by atoms with E-state index in [1.807, 2.05) is 62.4 Å². The molecule has 274 valence electrons. The number of methoxy groups -OCH3 is 1. The lowest BCUT2D eigenvalue weighted by molar-refractivity contribution is 0.216. The van der Waals surface area contributed by atoms with E-state index in [0.29, 0.717) is 5.95 Å². The molecule has 4 bridgehead atoms. The van der Waals surface area contributed by atoms with Crippen LogP contribution >= 0.6 is 0 Å². The molecule has 51 heavy (non-hydrogen) atoms. The van der Waals surface area contributed by atoms with Crippen molar-refractivity contribution >= 4 is 5.95 Å². The number of aromatic nitrogens is 7. The minimum absolute atomic E-state index is 0.220. The normalized spacial score (nSPS) is 19.7. The summed E-state index contributed by atoms with van der Waals surface area (Å²) in [7, 11) is 5.65. The molecule has 8 heterocycles. The van der Waals surface area contributed by atoms with E-state index in [1.54, 1.807) is 7.11 Å². The van der Waals surface area contributed by atoms with E-state index in [4.69, 9.17) is 29.7 Å². The van der Waals surface area contributed by atoms with Crippen LogP contribution in [-0.4, -0.2) is 56.1 Å². The van der Waals surface area contributed by atoms with E-state index < -0.39 is 10.8 Å². The Morgan fingerprint density at radius 2 is 1.10 bits per heavy atom. The third-order valence-corrected chi connectivity index (χ3v) is 13.8. The maximum absolute atomic E-state index is 6.12. The van der Waals surface area contributed by atoms with Crippen LogP contribution in [0.25, 0.3) is 0 Å². The summed E-state index contributed by atoms with van der Waals surface area (Å²) in [6, 6.07) is 2.14. The number of anilines is 1. The average Bonchev–Trinajstić information content (AvgIpc) is 3.09. The van der Waals surface area contributed by atoms with Gasteiger partial charge in [0.15, 0.2) is 0 Å². The summed E-state index contributed by atoms with van der Waals surface area (Å²) in [6.07, 6.45) is 15.6. The highest BCUT2D eigenvalue weighted by atomic mass is 16.5. The quantitative estimate of drug-likeness (QED) is 0.171. The van der Waals surface area contributed by atoms with Crippen molar-refractivity contribution in [3.63, 3.8) is 0 Å². The standard InChI is InChI=1S/C42H60N8O/c1-36(2,27-20-46-34(47-21-27)41(11,12)37(3,4)28-22-48-35(49-23-28)50(14)15)17-18-42(13)33-26-44-32(25-45-33)40(9,10)39(7,8)31-19-30(51-16)29(24-43-31)38(42,5)6/h19-26H,17-18H2,1-16H3. The summed E-state index contributed by atoms with van der Waals surface area (Å²) in [5.41, 5.74) is 3.70. The summed E-state index contributed by atoms with van der Waals surface area (Å²) in [5, 5.41) is 0. The monoisotopic (exact) mass is 692 g/mol. The molecule has 0 amide bonds. The largest absolute Gasteiger partial charge is 0.496 e. The van der Waals surface area contributed by atoms with Gasteiger partial charge in [-0.15, -0.1) is 0 Å². The van der Waals surface area contributed by atoms with Gasteiger partial charge in [-0.3, -0.25) is 15.0 Å². The number of nitrogens with zero attached hydrogens (tertiary/aromatic N) is 8. The molecule has 0 aromatic carbocycles. The Balaban J connectivity index is 1.48. The van der Waals surface area contributed by atoms with E-state index in [-0.39, 0.29) is 27.1 Å². The third kappa shape index (κ3) is 6.08. The van der Waals surface area contributed by atoms with Crippen LogP contribution in [0.3, 0.4) is 0 Å². The van der Waals surface area contributed by atoms with Gasteiger partial charge in [0, 0.05) is 102 Å². The highest BCUT2D eigenvalue weighted by molar-refractivity contribution is 5.46. The van der Waals surface area contributed by atoms with Gasteiger partial charge in [0.05, 0.1) is 24.2 Å². The fraction of sp³-hybridized carbons (Fsp3) is 0.595. The van der Waals surface area contributed by atoms with Gasteiger partial charge in [-0.1, -0.05) is 90.0 Å². The number of hydrogen-bond donors (Lipinski definition) is 0. The Labute approximate surface area is 306 Å². The zero-order chi connectivity index (χ0) is 38.0. The molecule has 4 aliphatic heterocycles. The molecule has 1 unspecified atom stereocenters. The second-order valence-electron chi connectivity index (χ2n) is 18.4. The summed E-state index contributed by atoms with van der Waals surface area (Å²) in [6.45, 7) is 29.2. The maximum atomic E-state index is 6.12. The predicted molar refractivity (Wildman–Crippen MR) is 206 cm³/mol. The summed E-state index contributed by atoms with van der Waals surface area (Å²) in [5.74, 6) is 2.34. The minimum atomic E-state index is -0.415. The molecule has 0 spiro atoms. The molecule has 8 rings (SSSR count). The predicted octanol–water partition coefficient (Wildman–Crippen LogP) is 8.34. The molecule has 4 aromatic heterocycles. The van der Waals surface area contributed by atoms with Gasteiger partial charge < -0.3 is 9.64 Å². The molecule has 0 saturated carbocycles. The number of rotatable bonds is 9. The fourth-order valence-corrected chi connectivity index (χ4v) is 7.27. The smallest absolute Gasteiger partial charge is 0.224 e. The van der Waals surface area contributed by atoms with Crippen LogP contribution in [0.15, 0.2) is 49.4 Å². The topological polar surface area (TPSA) is 103 Å². The third-order valence-electron chi connectivity index (χ3n) is 13.8. The maximum Gasteiger partial charge on any atom is 0.224 e. The number of hydrogen-bond acceptors (Lipinski definition) is 9. The van der Waals surface area contributed by atoms with Crippen molar-refractivity contribution in [2.45, 2.75) is 141 Å². The molecule has 1 atom stereocenters. The molecule has 0 saturated heterocycles. The van der Waals surface area contributed by atoms with Gasteiger partial charge in [-0.05, 0) is 29.4 Å². The molecule has 4 aromatic rings. The second kappa shape index (κ2) is 12.6. The lowest BCUT2D eigenvalue weighted by atomic mass is 9.57. The fourth-order valence-electron chi connectivity index (χ4n) is 7.27. The zero-order valence-electron chi connectivity index (χ0n) is 34.0. The lowest BCUT2D eigenvalue weighted by Gasteiger charge is -2.47. The summed E-state index contributed by atoms with van der Waals surface area (Å²) >= 11 is 0. The van der Waals surface area contributed by atoms with Crippen molar-refractivity contribution in [2.24, 2.45) is 0 Å². The SMILES string of the molecule is COc1cc2ncc1C(C)(C)C(C)(CCC(C)(C)c1cnc(C(C)(C)C(C)(C)c3cnc(N(C)C)nc3)nc1)c1cnc(cn1)C(C)(C)C2(C)C. The van der Waals surface area contributed by atoms with E-state index in [0.717, 1.165) is 58.2 Å². The van der Waals surface area contributed by atoms with Crippen LogP contribution in [0.2, 0.25) is 0 Å². The zero-order valence-corrected chi connectivity index (χ0v) is 34.0. The van der Waals surface area contributed by atoms with Crippen molar-refractivity contribution < 1.29 is 4.74 Å². The Morgan fingerprint density at radius 1 is 0.588 bits per heavy atom. The molecule has 4 aliphatic rings. The van der Waals surface area contributed by atoms with Crippen LogP contribution in [0.4, 0.5) is 5.95 Å². The van der Waals surface area contributed by atoms with Gasteiger partial charge in [0.2, 0.25) is 5.95 Å². The van der Waals surface area contributed by atoms with Gasteiger partial charge in [0.1, 0.15) is 11.6 Å². The van der Waals surface area contributed by atoms with E-state index >= 15 is 0 Å². The van der Waals surface area contributed by atoms with E-state index in [2.05, 4.69) is 106 Å². The van der Waals surface area contributed by atoms with E-state index in [9.17, 15) is 0 Å². The van der Waals surface area contributed by atoms with Crippen molar-refractivity contribution in [3.05, 3.63) is 89.0 Å². The number of ether oxygens (including phenoxy) is 1.